The van der Waals surface area contributed by atoms with Crippen molar-refractivity contribution in [3.05, 3.63) is 0 Å². The molecule has 0 aliphatic heterocycles. The van der Waals surface area contributed by atoms with Crippen LogP contribution in [-0.4, -0.2) is 96.7 Å². The topological polar surface area (TPSA) is 237 Å². The Morgan fingerprint density at radius 3 is 0.756 bits per heavy atom. The second-order valence-corrected chi connectivity index (χ2v) is 29.0. The minimum Gasteiger partial charge on any atom is -0.462 e. The molecular weight excluding hydrogens is 1190 g/mol. The number of hydrogen-bond donors (Lipinski definition) is 3. The van der Waals surface area contributed by atoms with Gasteiger partial charge in [0.15, 0.2) is 12.2 Å². The number of aliphatic hydroxyl groups excluding tert-OH is 1. The van der Waals surface area contributed by atoms with Gasteiger partial charge in [-0.1, -0.05) is 317 Å². The van der Waals surface area contributed by atoms with Gasteiger partial charge >= 0.3 is 39.5 Å². The summed E-state index contributed by atoms with van der Waals surface area (Å²) >= 11 is 0. The minimum atomic E-state index is -4.95. The van der Waals surface area contributed by atoms with Crippen LogP contribution in [0.1, 0.15) is 369 Å². The van der Waals surface area contributed by atoms with Crippen LogP contribution in [-0.2, 0) is 65.4 Å². The standard InChI is InChI=1S/C71H138O17P2/c1-6-9-12-15-18-21-24-31-35-40-45-50-55-69(74)82-61-67(88-71(76)57-52-47-42-37-32-28-26-25-27-30-33-38-43-48-53-64(4)5)63-86-90(79,80)84-59-65(72)58-83-89(77,78)85-62-66(60-81-68(73)54-49-44-39-34-23-20-17-14-11-8-3)87-70(75)56-51-46-41-36-29-22-19-16-13-10-7-2/h64-67,72H,6-63H2,1-5H3,(H,77,78)(H,79,80)/t65-,66+,67+/m0/s1. The van der Waals surface area contributed by atoms with Gasteiger partial charge in [-0.2, -0.15) is 0 Å². The van der Waals surface area contributed by atoms with E-state index in [0.717, 1.165) is 95.8 Å². The molecular formula is C71H138O17P2. The molecule has 0 aromatic rings. The van der Waals surface area contributed by atoms with E-state index in [1.165, 1.54) is 193 Å². The van der Waals surface area contributed by atoms with Crippen LogP contribution in [0.4, 0.5) is 0 Å². The number of carbonyl (C=O) groups is 4. The Kier molecular flexibility index (Phi) is 63.0. The highest BCUT2D eigenvalue weighted by Crippen LogP contribution is 2.45. The fourth-order valence-electron chi connectivity index (χ4n) is 10.8. The summed E-state index contributed by atoms with van der Waals surface area (Å²) in [4.78, 5) is 72.5. The highest BCUT2D eigenvalue weighted by Gasteiger charge is 2.30. The van der Waals surface area contributed by atoms with Gasteiger partial charge in [-0.15, -0.1) is 0 Å². The molecule has 19 heteroatoms. The summed E-state index contributed by atoms with van der Waals surface area (Å²) in [6, 6.07) is 0. The summed E-state index contributed by atoms with van der Waals surface area (Å²) in [5.41, 5.74) is 0. The lowest BCUT2D eigenvalue weighted by atomic mass is 10.0. The first kappa shape index (κ1) is 88.1. The summed E-state index contributed by atoms with van der Waals surface area (Å²) in [5, 5.41) is 10.6. The van der Waals surface area contributed by atoms with Gasteiger partial charge in [0.25, 0.3) is 0 Å². The normalized spacial score (nSPS) is 14.1. The van der Waals surface area contributed by atoms with Crippen molar-refractivity contribution in [2.45, 2.75) is 387 Å². The van der Waals surface area contributed by atoms with Gasteiger partial charge in [-0.25, -0.2) is 9.13 Å². The molecule has 0 saturated carbocycles. The number of esters is 4. The number of phosphoric ester groups is 2. The lowest BCUT2D eigenvalue weighted by Gasteiger charge is -2.21. The van der Waals surface area contributed by atoms with Crippen LogP contribution in [0.25, 0.3) is 0 Å². The minimum absolute atomic E-state index is 0.107. The van der Waals surface area contributed by atoms with Crippen molar-refractivity contribution >= 4 is 39.5 Å². The second-order valence-electron chi connectivity index (χ2n) is 26.1. The van der Waals surface area contributed by atoms with Gasteiger partial charge in [0.1, 0.15) is 19.3 Å². The fraction of sp³-hybridized carbons (Fsp3) is 0.944. The summed E-state index contributed by atoms with van der Waals surface area (Å²) < 4.78 is 68.3. The van der Waals surface area contributed by atoms with E-state index in [4.69, 9.17) is 37.0 Å². The molecule has 0 radical (unpaired) electrons. The third-order valence-corrected chi connectivity index (χ3v) is 18.4. The van der Waals surface area contributed by atoms with Crippen molar-refractivity contribution < 1.29 is 80.2 Å². The zero-order valence-electron chi connectivity index (χ0n) is 58.3. The quantitative estimate of drug-likeness (QED) is 0.0222. The van der Waals surface area contributed by atoms with Crippen molar-refractivity contribution in [2.75, 3.05) is 39.6 Å². The number of unbranched alkanes of at least 4 members (excludes halogenated alkanes) is 43. The van der Waals surface area contributed by atoms with Crippen molar-refractivity contribution in [3.63, 3.8) is 0 Å². The molecule has 3 N–H and O–H groups in total. The third kappa shape index (κ3) is 64.8. The monoisotopic (exact) mass is 1320 g/mol. The maximum absolute atomic E-state index is 13.0. The molecule has 0 saturated heterocycles. The van der Waals surface area contributed by atoms with E-state index in [1.54, 1.807) is 0 Å². The van der Waals surface area contributed by atoms with Crippen LogP contribution in [0.2, 0.25) is 0 Å². The zero-order valence-corrected chi connectivity index (χ0v) is 60.1. The predicted molar refractivity (Wildman–Crippen MR) is 363 cm³/mol. The molecule has 90 heavy (non-hydrogen) atoms. The van der Waals surface area contributed by atoms with E-state index >= 15 is 0 Å². The van der Waals surface area contributed by atoms with Crippen LogP contribution >= 0.6 is 15.6 Å². The summed E-state index contributed by atoms with van der Waals surface area (Å²) in [6.07, 6.45) is 51.1. The van der Waals surface area contributed by atoms with E-state index in [9.17, 15) is 43.2 Å². The first-order chi connectivity index (χ1) is 43.5. The Labute approximate surface area is 549 Å². The Morgan fingerprint density at radius 1 is 0.300 bits per heavy atom. The van der Waals surface area contributed by atoms with Crippen LogP contribution in [0.5, 0.6) is 0 Å². The molecule has 5 atom stereocenters. The molecule has 0 aliphatic rings. The number of carbonyl (C=O) groups excluding carboxylic acids is 4. The third-order valence-electron chi connectivity index (χ3n) is 16.5. The van der Waals surface area contributed by atoms with Gasteiger partial charge in [0.2, 0.25) is 0 Å². The molecule has 0 spiro atoms. The van der Waals surface area contributed by atoms with E-state index in [1.807, 2.05) is 0 Å². The van der Waals surface area contributed by atoms with E-state index in [-0.39, 0.29) is 25.7 Å². The number of aliphatic hydroxyl groups is 1. The lowest BCUT2D eigenvalue weighted by Crippen LogP contribution is -2.30. The maximum atomic E-state index is 13.0. The largest absolute Gasteiger partial charge is 0.472 e. The highest BCUT2D eigenvalue weighted by molar-refractivity contribution is 7.47. The molecule has 0 aromatic carbocycles. The van der Waals surface area contributed by atoms with Crippen LogP contribution < -0.4 is 0 Å². The van der Waals surface area contributed by atoms with Crippen LogP contribution in [0.3, 0.4) is 0 Å². The molecule has 17 nitrogen and oxygen atoms in total. The first-order valence-corrected chi connectivity index (χ1v) is 40.1. The van der Waals surface area contributed by atoms with Crippen molar-refractivity contribution in [3.8, 4) is 0 Å². The first-order valence-electron chi connectivity index (χ1n) is 37.1. The summed E-state index contributed by atoms with van der Waals surface area (Å²) in [6.45, 7) is 7.27. The summed E-state index contributed by atoms with van der Waals surface area (Å²) in [5.74, 6) is -1.32. The number of phosphoric acid groups is 2. The molecule has 0 amide bonds. The number of hydrogen-bond acceptors (Lipinski definition) is 15. The van der Waals surface area contributed by atoms with Gasteiger partial charge in [0, 0.05) is 25.7 Å². The van der Waals surface area contributed by atoms with Gasteiger partial charge in [0.05, 0.1) is 26.4 Å². The Morgan fingerprint density at radius 2 is 0.511 bits per heavy atom. The molecule has 2 unspecified atom stereocenters. The average molecular weight is 1330 g/mol. The Balaban J connectivity index is 5.23. The van der Waals surface area contributed by atoms with Crippen molar-refractivity contribution in [2.24, 2.45) is 5.92 Å². The lowest BCUT2D eigenvalue weighted by molar-refractivity contribution is -0.161. The van der Waals surface area contributed by atoms with E-state index in [0.29, 0.717) is 25.7 Å². The molecule has 0 fully saturated rings. The van der Waals surface area contributed by atoms with Crippen LogP contribution in [0.15, 0.2) is 0 Å². The number of ether oxygens (including phenoxy) is 4. The Hall–Kier alpha value is -1.94. The van der Waals surface area contributed by atoms with E-state index < -0.39 is 97.5 Å². The number of rotatable bonds is 71. The molecule has 0 aromatic heterocycles. The summed E-state index contributed by atoms with van der Waals surface area (Å²) in [7, 11) is -9.90. The molecule has 0 heterocycles. The predicted octanol–water partition coefficient (Wildman–Crippen LogP) is 20.5. The Bertz CT molecular complexity index is 1740. The van der Waals surface area contributed by atoms with Crippen molar-refractivity contribution in [1.29, 1.82) is 0 Å². The second kappa shape index (κ2) is 64.4. The van der Waals surface area contributed by atoms with Gasteiger partial charge < -0.3 is 33.8 Å². The fourth-order valence-corrected chi connectivity index (χ4v) is 12.4. The maximum Gasteiger partial charge on any atom is 0.472 e. The molecule has 534 valence electrons. The van der Waals surface area contributed by atoms with Crippen LogP contribution in [0, 0.1) is 5.92 Å². The van der Waals surface area contributed by atoms with Crippen molar-refractivity contribution in [1.82, 2.24) is 0 Å². The smallest absolute Gasteiger partial charge is 0.462 e. The molecule has 0 rings (SSSR count). The van der Waals surface area contributed by atoms with Gasteiger partial charge in [-0.3, -0.25) is 37.3 Å². The van der Waals surface area contributed by atoms with E-state index in [2.05, 4.69) is 34.6 Å². The van der Waals surface area contributed by atoms with Gasteiger partial charge in [-0.05, 0) is 31.6 Å². The molecule has 0 bridgehead atoms. The molecule has 0 aliphatic carbocycles. The highest BCUT2D eigenvalue weighted by atomic mass is 31.2. The zero-order chi connectivity index (χ0) is 66.3. The average Bonchev–Trinajstić information content (AvgIpc) is 2.86. The SMILES string of the molecule is CCCCCCCCCCCCCCC(=O)OC[C@H](COP(=O)(O)OC[C@@H](O)COP(=O)(O)OC[C@@H](COC(=O)CCCCCCCCCCCC)OC(=O)CCCCCCCCCCCCC)OC(=O)CCCCCCCCCCCCCCCCC(C)C.